The lowest BCUT2D eigenvalue weighted by molar-refractivity contribution is 0.0698. The van der Waals surface area contributed by atoms with Crippen LogP contribution in [0.4, 0.5) is 5.69 Å². The molecule has 2 rings (SSSR count). The number of halogens is 2. The van der Waals surface area contributed by atoms with E-state index >= 15 is 0 Å². The Morgan fingerprint density at radius 1 is 1.19 bits per heavy atom. The zero-order chi connectivity index (χ0) is 15.4. The fraction of sp³-hybridized carbons (Fsp3) is 0. The highest BCUT2D eigenvalue weighted by Crippen LogP contribution is 2.26. The molecule has 0 atom stereocenters. The van der Waals surface area contributed by atoms with Gasteiger partial charge in [-0.3, -0.25) is 5.43 Å². The molecular weight excluding hydrogens is 498 g/mol. The summed E-state index contributed by atoms with van der Waals surface area (Å²) in [5.41, 5.74) is 4.10. The highest BCUT2D eigenvalue weighted by atomic mass is 127. The summed E-state index contributed by atoms with van der Waals surface area (Å²) in [7, 11) is 0. The zero-order valence-electron chi connectivity index (χ0n) is 10.5. The second-order valence-corrected chi connectivity index (χ2v) is 6.38. The highest BCUT2D eigenvalue weighted by Gasteiger charge is 2.08. The van der Waals surface area contributed by atoms with Crippen molar-refractivity contribution in [2.75, 3.05) is 5.43 Å². The quantitative estimate of drug-likeness (QED) is 0.334. The van der Waals surface area contributed by atoms with Crippen molar-refractivity contribution in [2.45, 2.75) is 0 Å². The Morgan fingerprint density at radius 3 is 2.43 bits per heavy atom. The van der Waals surface area contributed by atoms with E-state index in [1.807, 2.05) is 45.2 Å². The minimum absolute atomic E-state index is 0.157. The van der Waals surface area contributed by atoms with Crippen LogP contribution in [0.1, 0.15) is 15.9 Å². The molecule has 7 heteroatoms. The Bertz CT molecular complexity index is 694. The van der Waals surface area contributed by atoms with Gasteiger partial charge >= 0.3 is 5.97 Å². The van der Waals surface area contributed by atoms with E-state index in [2.05, 4.69) is 10.5 Å². The molecule has 0 radical (unpaired) electrons. The van der Waals surface area contributed by atoms with Crippen LogP contribution in [0, 0.1) is 7.14 Å². The molecule has 0 fully saturated rings. The van der Waals surface area contributed by atoms with E-state index in [-0.39, 0.29) is 11.3 Å². The normalized spacial score (nSPS) is 10.8. The van der Waals surface area contributed by atoms with Crippen molar-refractivity contribution in [1.82, 2.24) is 0 Å². The molecule has 0 aliphatic carbocycles. The first kappa shape index (κ1) is 16.0. The average molecular weight is 508 g/mol. The van der Waals surface area contributed by atoms with Crippen LogP contribution in [0.3, 0.4) is 0 Å². The third-order valence-electron chi connectivity index (χ3n) is 2.60. The maximum absolute atomic E-state index is 11.1. The van der Waals surface area contributed by atoms with Crippen LogP contribution in [-0.4, -0.2) is 22.4 Å². The Hall–Kier alpha value is -1.36. The van der Waals surface area contributed by atoms with E-state index in [1.165, 1.54) is 6.07 Å². The number of rotatable bonds is 4. The Balaban J connectivity index is 2.19. The van der Waals surface area contributed by atoms with Crippen molar-refractivity contribution in [2.24, 2.45) is 5.10 Å². The number of anilines is 1. The van der Waals surface area contributed by atoms with Gasteiger partial charge in [-0.05, 0) is 75.0 Å². The number of carbonyl (C=O) groups is 1. The first-order valence-corrected chi connectivity index (χ1v) is 7.94. The lowest BCUT2D eigenvalue weighted by atomic mass is 10.2. The molecule has 0 unspecified atom stereocenters. The number of phenolic OH excluding ortho intramolecular Hbond substituents is 1. The van der Waals surface area contributed by atoms with Crippen molar-refractivity contribution in [3.63, 3.8) is 0 Å². The van der Waals surface area contributed by atoms with E-state index in [4.69, 9.17) is 5.11 Å². The second kappa shape index (κ2) is 7.07. The van der Waals surface area contributed by atoms with Crippen LogP contribution in [0.2, 0.25) is 0 Å². The summed E-state index contributed by atoms with van der Waals surface area (Å²) in [4.78, 5) is 11.1. The van der Waals surface area contributed by atoms with Crippen LogP contribution in [0.25, 0.3) is 0 Å². The number of para-hydroxylation sites is 1. The van der Waals surface area contributed by atoms with Gasteiger partial charge < -0.3 is 10.2 Å². The molecule has 5 nitrogen and oxygen atoms in total. The van der Waals surface area contributed by atoms with Crippen molar-refractivity contribution < 1.29 is 15.0 Å². The fourth-order valence-corrected chi connectivity index (χ4v) is 3.42. The summed E-state index contributed by atoms with van der Waals surface area (Å²) >= 11 is 4.08. The van der Waals surface area contributed by atoms with Gasteiger partial charge in [-0.25, -0.2) is 4.79 Å². The van der Waals surface area contributed by atoms with E-state index in [0.29, 0.717) is 5.69 Å². The van der Waals surface area contributed by atoms with Crippen LogP contribution in [-0.2, 0) is 0 Å². The third kappa shape index (κ3) is 4.06. The molecule has 0 heterocycles. The fourth-order valence-electron chi connectivity index (χ4n) is 1.60. The molecule has 3 N–H and O–H groups in total. The van der Waals surface area contributed by atoms with E-state index < -0.39 is 5.97 Å². The summed E-state index contributed by atoms with van der Waals surface area (Å²) in [5.74, 6) is -0.764. The molecular formula is C14H10I2N2O3. The summed E-state index contributed by atoms with van der Waals surface area (Å²) in [6.07, 6.45) is 1.57. The minimum atomic E-state index is -1.01. The maximum atomic E-state index is 11.1. The molecule has 0 saturated carbocycles. The molecule has 0 bridgehead atoms. The van der Waals surface area contributed by atoms with E-state index in [1.54, 1.807) is 36.5 Å². The van der Waals surface area contributed by atoms with Gasteiger partial charge in [0.05, 0.1) is 24.6 Å². The number of benzene rings is 2. The first-order valence-electron chi connectivity index (χ1n) is 5.78. The number of nitrogens with zero attached hydrogens (tertiary/aromatic N) is 1. The molecule has 108 valence electrons. The number of hydrazone groups is 1. The van der Waals surface area contributed by atoms with Crippen molar-refractivity contribution >= 4 is 63.1 Å². The largest absolute Gasteiger partial charge is 0.506 e. The molecule has 0 spiro atoms. The summed E-state index contributed by atoms with van der Waals surface area (Å²) in [6.45, 7) is 0. The van der Waals surface area contributed by atoms with Crippen molar-refractivity contribution in [3.05, 3.63) is 54.7 Å². The number of carboxylic acid groups (broad SMARTS) is 1. The van der Waals surface area contributed by atoms with Crippen LogP contribution >= 0.6 is 45.2 Å². The summed E-state index contributed by atoms with van der Waals surface area (Å²) < 4.78 is 1.46. The van der Waals surface area contributed by atoms with Gasteiger partial charge in [-0.15, -0.1) is 0 Å². The molecule has 0 aliphatic heterocycles. The molecule has 2 aromatic rings. The smallest absolute Gasteiger partial charge is 0.337 e. The number of hydrogen-bond donors (Lipinski definition) is 3. The average Bonchev–Trinajstić information content (AvgIpc) is 2.45. The van der Waals surface area contributed by atoms with Gasteiger partial charge in [-0.1, -0.05) is 12.1 Å². The standard InChI is InChI=1S/C14H10I2N2O3/c15-10-5-8(6-11(16)13(10)19)7-17-18-12-4-2-1-3-9(12)14(20)21/h1-7,18-19H,(H,20,21)/b17-7-. The van der Waals surface area contributed by atoms with Gasteiger partial charge in [0.25, 0.3) is 0 Å². The van der Waals surface area contributed by atoms with Gasteiger partial charge in [0.2, 0.25) is 0 Å². The Morgan fingerprint density at radius 2 is 1.81 bits per heavy atom. The predicted octanol–water partition coefficient (Wildman–Crippen LogP) is 3.75. The van der Waals surface area contributed by atoms with Gasteiger partial charge in [0.1, 0.15) is 5.75 Å². The maximum Gasteiger partial charge on any atom is 0.337 e. The van der Waals surface area contributed by atoms with Gasteiger partial charge in [0, 0.05) is 0 Å². The molecule has 0 amide bonds. The lowest BCUT2D eigenvalue weighted by Crippen LogP contribution is -2.02. The lowest BCUT2D eigenvalue weighted by Gasteiger charge is -2.05. The number of phenols is 1. The van der Waals surface area contributed by atoms with E-state index in [0.717, 1.165) is 12.7 Å². The Kier molecular flexibility index (Phi) is 5.39. The van der Waals surface area contributed by atoms with Gasteiger partial charge in [-0.2, -0.15) is 5.10 Å². The number of carboxylic acids is 1. The van der Waals surface area contributed by atoms with Crippen LogP contribution in [0.5, 0.6) is 5.75 Å². The second-order valence-electron chi connectivity index (χ2n) is 4.05. The van der Waals surface area contributed by atoms with Crippen molar-refractivity contribution in [3.8, 4) is 5.75 Å². The molecule has 0 saturated heterocycles. The zero-order valence-corrected chi connectivity index (χ0v) is 14.9. The number of hydrogen-bond acceptors (Lipinski definition) is 4. The summed E-state index contributed by atoms with van der Waals surface area (Å²) in [5, 5.41) is 22.8. The van der Waals surface area contributed by atoms with Crippen LogP contribution in [0.15, 0.2) is 41.5 Å². The third-order valence-corrected chi connectivity index (χ3v) is 4.24. The Labute approximate surface area is 148 Å². The first-order chi connectivity index (χ1) is 9.99. The molecule has 21 heavy (non-hydrogen) atoms. The topological polar surface area (TPSA) is 81.9 Å². The number of aromatic hydroxyl groups is 1. The van der Waals surface area contributed by atoms with Gasteiger partial charge in [0.15, 0.2) is 0 Å². The summed E-state index contributed by atoms with van der Waals surface area (Å²) in [6, 6.07) is 10.1. The highest BCUT2D eigenvalue weighted by molar-refractivity contribution is 14.1. The predicted molar refractivity (Wildman–Crippen MR) is 98.2 cm³/mol. The SMILES string of the molecule is O=C(O)c1ccccc1N/N=C\c1cc(I)c(O)c(I)c1. The number of aromatic carboxylic acids is 1. The molecule has 2 aromatic carbocycles. The minimum Gasteiger partial charge on any atom is -0.506 e. The van der Waals surface area contributed by atoms with Crippen LogP contribution < -0.4 is 5.43 Å². The van der Waals surface area contributed by atoms with Crippen molar-refractivity contribution in [1.29, 1.82) is 0 Å². The molecule has 0 aliphatic rings. The number of nitrogens with one attached hydrogen (secondary N) is 1. The molecule has 0 aromatic heterocycles. The monoisotopic (exact) mass is 508 g/mol. The van der Waals surface area contributed by atoms with E-state index in [9.17, 15) is 9.90 Å².